The van der Waals surface area contributed by atoms with Crippen molar-refractivity contribution in [1.82, 2.24) is 10.2 Å². The topological polar surface area (TPSA) is 84.7 Å². The molecule has 21 heavy (non-hydrogen) atoms. The lowest BCUT2D eigenvalue weighted by molar-refractivity contribution is -0.130. The highest BCUT2D eigenvalue weighted by Crippen LogP contribution is 2.22. The Bertz CT molecular complexity index is 550. The lowest BCUT2D eigenvalue weighted by Gasteiger charge is -2.34. The van der Waals surface area contributed by atoms with Gasteiger partial charge in [0, 0.05) is 18.8 Å². The highest BCUT2D eigenvalue weighted by atomic mass is 35.5. The number of nitrogens with one attached hydrogen (secondary N) is 1. The van der Waals surface area contributed by atoms with Gasteiger partial charge in [-0.3, -0.25) is 9.59 Å². The number of carbonyl (C=O) groups is 2. The first-order valence-electron chi connectivity index (χ1n) is 6.76. The summed E-state index contributed by atoms with van der Waals surface area (Å²) in [5.41, 5.74) is 6.45. The minimum atomic E-state index is -0.649. The van der Waals surface area contributed by atoms with E-state index in [0.29, 0.717) is 36.0 Å². The Morgan fingerprint density at radius 1 is 1.52 bits per heavy atom. The molecule has 1 atom stereocenters. The molecule has 6 nitrogen and oxygen atoms in total. The molecule has 0 aromatic heterocycles. The Morgan fingerprint density at radius 3 is 3.00 bits per heavy atom. The molecule has 0 spiro atoms. The Morgan fingerprint density at radius 2 is 2.29 bits per heavy atom. The average Bonchev–Trinajstić information content (AvgIpc) is 2.49. The summed E-state index contributed by atoms with van der Waals surface area (Å²) in [7, 11) is 0. The van der Waals surface area contributed by atoms with E-state index in [1.807, 2.05) is 6.92 Å². The van der Waals surface area contributed by atoms with Gasteiger partial charge in [-0.25, -0.2) is 0 Å². The second-order valence-corrected chi connectivity index (χ2v) is 5.13. The van der Waals surface area contributed by atoms with Gasteiger partial charge in [0.1, 0.15) is 6.04 Å². The zero-order valence-electron chi connectivity index (χ0n) is 11.8. The lowest BCUT2D eigenvalue weighted by atomic mass is 10.1. The quantitative estimate of drug-likeness (QED) is 0.812. The fourth-order valence-electron chi connectivity index (χ4n) is 2.22. The molecule has 1 unspecified atom stereocenters. The molecule has 1 aromatic carbocycles. The molecule has 2 rings (SSSR count). The largest absolute Gasteiger partial charge is 0.399 e. The highest BCUT2D eigenvalue weighted by Gasteiger charge is 2.33. The normalized spacial score (nSPS) is 18.4. The molecule has 1 saturated heterocycles. The maximum Gasteiger partial charge on any atom is 0.256 e. The van der Waals surface area contributed by atoms with Crippen LogP contribution in [0.5, 0.6) is 0 Å². The van der Waals surface area contributed by atoms with E-state index in [-0.39, 0.29) is 18.4 Å². The van der Waals surface area contributed by atoms with Crippen molar-refractivity contribution in [1.29, 1.82) is 0 Å². The third-order valence-corrected chi connectivity index (χ3v) is 3.59. The Labute approximate surface area is 128 Å². The fraction of sp³-hybridized carbons (Fsp3) is 0.429. The van der Waals surface area contributed by atoms with E-state index in [0.717, 1.165) is 0 Å². The van der Waals surface area contributed by atoms with E-state index >= 15 is 0 Å². The van der Waals surface area contributed by atoms with Crippen molar-refractivity contribution in [2.75, 3.05) is 32.0 Å². The van der Waals surface area contributed by atoms with Crippen LogP contribution in [-0.2, 0) is 9.53 Å². The van der Waals surface area contributed by atoms with Gasteiger partial charge in [0.25, 0.3) is 5.91 Å². The number of benzene rings is 1. The van der Waals surface area contributed by atoms with Gasteiger partial charge in [-0.1, -0.05) is 11.6 Å². The number of morpholine rings is 1. The molecule has 1 aliphatic rings. The number of nitrogens with zero attached hydrogens (tertiary/aromatic N) is 1. The number of likely N-dealkylation sites (N-methyl/N-ethyl adjacent to an activating group) is 1. The number of rotatable bonds is 3. The monoisotopic (exact) mass is 311 g/mol. The summed E-state index contributed by atoms with van der Waals surface area (Å²) in [6, 6.07) is 4.07. The second kappa shape index (κ2) is 6.78. The second-order valence-electron chi connectivity index (χ2n) is 4.72. The molecule has 114 valence electrons. The zero-order valence-corrected chi connectivity index (χ0v) is 12.5. The molecule has 1 heterocycles. The minimum Gasteiger partial charge on any atom is -0.399 e. The van der Waals surface area contributed by atoms with E-state index in [2.05, 4.69) is 5.32 Å². The summed E-state index contributed by atoms with van der Waals surface area (Å²) >= 11 is 6.06. The Kier molecular flexibility index (Phi) is 5.03. The molecular weight excluding hydrogens is 294 g/mol. The number of carbonyl (C=O) groups excluding carboxylic acids is 2. The highest BCUT2D eigenvalue weighted by molar-refractivity contribution is 6.34. The number of halogens is 1. The first-order chi connectivity index (χ1) is 10.0. The van der Waals surface area contributed by atoms with Gasteiger partial charge in [0.05, 0.1) is 23.8 Å². The molecule has 3 N–H and O–H groups in total. The van der Waals surface area contributed by atoms with Crippen LogP contribution in [0.15, 0.2) is 18.2 Å². The van der Waals surface area contributed by atoms with Gasteiger partial charge >= 0.3 is 0 Å². The molecule has 0 bridgehead atoms. The van der Waals surface area contributed by atoms with Crippen LogP contribution in [0.3, 0.4) is 0 Å². The van der Waals surface area contributed by atoms with Gasteiger partial charge in [0.2, 0.25) is 5.91 Å². The molecule has 2 amide bonds. The average molecular weight is 312 g/mol. The summed E-state index contributed by atoms with van der Waals surface area (Å²) in [6.07, 6.45) is 0. The molecule has 1 aliphatic heterocycles. The third-order valence-electron chi connectivity index (χ3n) is 3.26. The standard InChI is InChI=1S/C14H18ClN3O3/c1-2-17-13(19)12-8-21-6-5-18(12)14(20)10-7-9(16)3-4-11(10)15/h3-4,7,12H,2,5-6,8,16H2,1H3,(H,17,19). The van der Waals surface area contributed by atoms with Crippen LogP contribution in [0.25, 0.3) is 0 Å². The number of anilines is 1. The van der Waals surface area contributed by atoms with E-state index in [1.165, 1.54) is 11.0 Å². The van der Waals surface area contributed by atoms with Gasteiger partial charge in [-0.2, -0.15) is 0 Å². The number of ether oxygens (including phenoxy) is 1. The van der Waals surface area contributed by atoms with Crippen LogP contribution in [0.2, 0.25) is 5.02 Å². The van der Waals surface area contributed by atoms with Gasteiger partial charge in [-0.05, 0) is 25.1 Å². The Balaban J connectivity index is 2.26. The Hall–Kier alpha value is -1.79. The predicted molar refractivity (Wildman–Crippen MR) is 80.2 cm³/mol. The van der Waals surface area contributed by atoms with Crippen molar-refractivity contribution < 1.29 is 14.3 Å². The van der Waals surface area contributed by atoms with Crippen LogP contribution in [0, 0.1) is 0 Å². The maximum absolute atomic E-state index is 12.6. The van der Waals surface area contributed by atoms with Gasteiger partial charge < -0.3 is 20.7 Å². The molecule has 1 aromatic rings. The van der Waals surface area contributed by atoms with Crippen LogP contribution in [0.1, 0.15) is 17.3 Å². The fourth-order valence-corrected chi connectivity index (χ4v) is 2.42. The summed E-state index contributed by atoms with van der Waals surface area (Å²) in [4.78, 5) is 26.2. The summed E-state index contributed by atoms with van der Waals surface area (Å²) in [6.45, 7) is 3.23. The molecule has 0 radical (unpaired) electrons. The van der Waals surface area contributed by atoms with Gasteiger partial charge in [-0.15, -0.1) is 0 Å². The zero-order chi connectivity index (χ0) is 15.4. The van der Waals surface area contributed by atoms with Crippen molar-refractivity contribution in [3.63, 3.8) is 0 Å². The maximum atomic E-state index is 12.6. The first-order valence-corrected chi connectivity index (χ1v) is 7.13. The van der Waals surface area contributed by atoms with Crippen molar-refractivity contribution in [3.05, 3.63) is 28.8 Å². The molecular formula is C14H18ClN3O3. The van der Waals surface area contributed by atoms with E-state index in [4.69, 9.17) is 22.1 Å². The van der Waals surface area contributed by atoms with E-state index < -0.39 is 6.04 Å². The predicted octanol–water partition coefficient (Wildman–Crippen LogP) is 0.899. The van der Waals surface area contributed by atoms with E-state index in [1.54, 1.807) is 12.1 Å². The number of amides is 2. The smallest absolute Gasteiger partial charge is 0.256 e. The summed E-state index contributed by atoms with van der Waals surface area (Å²) in [5, 5.41) is 3.02. The summed E-state index contributed by atoms with van der Waals surface area (Å²) < 4.78 is 5.31. The number of hydrogen-bond donors (Lipinski definition) is 2. The molecule has 7 heteroatoms. The van der Waals surface area contributed by atoms with Crippen molar-refractivity contribution >= 4 is 29.1 Å². The van der Waals surface area contributed by atoms with Crippen LogP contribution < -0.4 is 11.1 Å². The summed E-state index contributed by atoms with van der Waals surface area (Å²) in [5.74, 6) is -0.544. The van der Waals surface area contributed by atoms with Crippen LogP contribution >= 0.6 is 11.6 Å². The lowest BCUT2D eigenvalue weighted by Crippen LogP contribution is -2.55. The first kappa shape index (κ1) is 15.6. The van der Waals surface area contributed by atoms with Crippen LogP contribution in [-0.4, -0.2) is 49.1 Å². The molecule has 0 aliphatic carbocycles. The van der Waals surface area contributed by atoms with Crippen LogP contribution in [0.4, 0.5) is 5.69 Å². The van der Waals surface area contributed by atoms with E-state index in [9.17, 15) is 9.59 Å². The SMILES string of the molecule is CCNC(=O)C1COCCN1C(=O)c1cc(N)ccc1Cl. The number of nitrogen functional groups attached to an aromatic ring is 1. The van der Waals surface area contributed by atoms with Gasteiger partial charge in [0.15, 0.2) is 0 Å². The number of nitrogens with two attached hydrogens (primary N) is 1. The number of hydrogen-bond acceptors (Lipinski definition) is 4. The molecule has 0 saturated carbocycles. The minimum absolute atomic E-state index is 0.178. The molecule has 1 fully saturated rings. The van der Waals surface area contributed by atoms with Crippen molar-refractivity contribution in [2.24, 2.45) is 0 Å². The third kappa shape index (κ3) is 3.46. The van der Waals surface area contributed by atoms with Crippen molar-refractivity contribution in [3.8, 4) is 0 Å². The van der Waals surface area contributed by atoms with Crippen molar-refractivity contribution in [2.45, 2.75) is 13.0 Å².